The maximum absolute atomic E-state index is 11.6. The highest BCUT2D eigenvalue weighted by atomic mass is 16.4. The summed E-state index contributed by atoms with van der Waals surface area (Å²) in [6.07, 6.45) is 3.92. The molecule has 1 saturated heterocycles. The first-order valence-electron chi connectivity index (χ1n) is 6.77. The molecule has 5 nitrogen and oxygen atoms in total. The number of carbonyl (C=O) groups excluding carboxylic acids is 1. The van der Waals surface area contributed by atoms with Crippen LogP contribution in [0.15, 0.2) is 0 Å². The number of carboxylic acids is 1. The van der Waals surface area contributed by atoms with Crippen LogP contribution in [0, 0.1) is 11.8 Å². The van der Waals surface area contributed by atoms with Crippen molar-refractivity contribution >= 4 is 11.9 Å². The minimum Gasteiger partial charge on any atom is -0.481 e. The van der Waals surface area contributed by atoms with Crippen molar-refractivity contribution in [2.45, 2.75) is 39.0 Å². The van der Waals surface area contributed by atoms with Crippen LogP contribution < -0.4 is 10.6 Å². The molecule has 3 N–H and O–H groups in total. The standard InChI is InChI=1S/C13H24N2O3/c1-10(8-13(17)18)9-15-12(16)3-2-11-4-6-14-7-5-11/h10-11,14H,2-9H2,1H3,(H,15,16)(H,17,18). The fraction of sp³-hybridized carbons (Fsp3) is 0.846. The lowest BCUT2D eigenvalue weighted by atomic mass is 9.93. The van der Waals surface area contributed by atoms with Crippen LogP contribution >= 0.6 is 0 Å². The van der Waals surface area contributed by atoms with E-state index in [0.29, 0.717) is 18.9 Å². The van der Waals surface area contributed by atoms with E-state index in [1.54, 1.807) is 0 Å². The first-order chi connectivity index (χ1) is 8.58. The Kier molecular flexibility index (Phi) is 6.72. The number of piperidine rings is 1. The van der Waals surface area contributed by atoms with Crippen molar-refractivity contribution in [2.24, 2.45) is 11.8 Å². The Morgan fingerprint density at radius 3 is 2.67 bits per heavy atom. The molecule has 0 bridgehead atoms. The van der Waals surface area contributed by atoms with E-state index in [9.17, 15) is 9.59 Å². The molecule has 1 atom stereocenters. The van der Waals surface area contributed by atoms with Crippen LogP contribution in [0.3, 0.4) is 0 Å². The zero-order chi connectivity index (χ0) is 13.4. The van der Waals surface area contributed by atoms with E-state index in [0.717, 1.165) is 32.4 Å². The summed E-state index contributed by atoms with van der Waals surface area (Å²) in [5.41, 5.74) is 0. The van der Waals surface area contributed by atoms with Gasteiger partial charge in [0, 0.05) is 19.4 Å². The summed E-state index contributed by atoms with van der Waals surface area (Å²) in [5.74, 6) is -0.115. The third-order valence-electron chi connectivity index (χ3n) is 3.41. The van der Waals surface area contributed by atoms with Crippen molar-refractivity contribution in [3.05, 3.63) is 0 Å². The number of carboxylic acid groups (broad SMARTS) is 1. The summed E-state index contributed by atoms with van der Waals surface area (Å²) in [6, 6.07) is 0. The number of nitrogens with one attached hydrogen (secondary N) is 2. The second-order valence-electron chi connectivity index (χ2n) is 5.24. The number of carbonyl (C=O) groups is 2. The second-order valence-corrected chi connectivity index (χ2v) is 5.24. The fourth-order valence-electron chi connectivity index (χ4n) is 2.25. The fourth-order valence-corrected chi connectivity index (χ4v) is 2.25. The average molecular weight is 256 g/mol. The normalized spacial score (nSPS) is 18.3. The van der Waals surface area contributed by atoms with E-state index in [-0.39, 0.29) is 18.2 Å². The molecule has 5 heteroatoms. The van der Waals surface area contributed by atoms with E-state index < -0.39 is 5.97 Å². The number of hydrogen-bond acceptors (Lipinski definition) is 3. The molecule has 1 fully saturated rings. The van der Waals surface area contributed by atoms with E-state index in [1.165, 1.54) is 0 Å². The molecule has 0 aromatic rings. The van der Waals surface area contributed by atoms with Gasteiger partial charge in [0.15, 0.2) is 0 Å². The average Bonchev–Trinajstić information content (AvgIpc) is 2.34. The van der Waals surface area contributed by atoms with Crippen molar-refractivity contribution in [3.63, 3.8) is 0 Å². The van der Waals surface area contributed by atoms with Gasteiger partial charge in [0.05, 0.1) is 0 Å². The summed E-state index contributed by atoms with van der Waals surface area (Å²) in [6.45, 7) is 4.41. The maximum Gasteiger partial charge on any atom is 0.303 e. The van der Waals surface area contributed by atoms with Gasteiger partial charge in [-0.25, -0.2) is 0 Å². The van der Waals surface area contributed by atoms with Gasteiger partial charge < -0.3 is 15.7 Å². The predicted octanol–water partition coefficient (Wildman–Crippen LogP) is 0.993. The lowest BCUT2D eigenvalue weighted by Crippen LogP contribution is -2.31. The van der Waals surface area contributed by atoms with Gasteiger partial charge in [-0.3, -0.25) is 9.59 Å². The van der Waals surface area contributed by atoms with Crippen molar-refractivity contribution in [1.82, 2.24) is 10.6 Å². The van der Waals surface area contributed by atoms with E-state index >= 15 is 0 Å². The molecule has 18 heavy (non-hydrogen) atoms. The lowest BCUT2D eigenvalue weighted by molar-refractivity contribution is -0.138. The molecule has 1 aliphatic rings. The zero-order valence-electron chi connectivity index (χ0n) is 11.1. The summed E-state index contributed by atoms with van der Waals surface area (Å²) in [5, 5.41) is 14.7. The van der Waals surface area contributed by atoms with Gasteiger partial charge in [0.1, 0.15) is 0 Å². The zero-order valence-corrected chi connectivity index (χ0v) is 11.1. The Bertz CT molecular complexity index is 275. The Hall–Kier alpha value is -1.10. The quantitative estimate of drug-likeness (QED) is 0.635. The van der Waals surface area contributed by atoms with Crippen LogP contribution in [0.2, 0.25) is 0 Å². The minimum absolute atomic E-state index is 0.00895. The molecule has 1 heterocycles. The Labute approximate surface area is 108 Å². The van der Waals surface area contributed by atoms with Gasteiger partial charge in [-0.1, -0.05) is 6.92 Å². The van der Waals surface area contributed by atoms with Crippen LogP contribution in [0.5, 0.6) is 0 Å². The molecule has 104 valence electrons. The van der Waals surface area contributed by atoms with Gasteiger partial charge in [-0.2, -0.15) is 0 Å². The van der Waals surface area contributed by atoms with Gasteiger partial charge in [-0.15, -0.1) is 0 Å². The van der Waals surface area contributed by atoms with Crippen molar-refractivity contribution in [1.29, 1.82) is 0 Å². The number of hydrogen-bond donors (Lipinski definition) is 3. The highest BCUT2D eigenvalue weighted by molar-refractivity contribution is 5.76. The van der Waals surface area contributed by atoms with Crippen LogP contribution in [0.1, 0.15) is 39.0 Å². The van der Waals surface area contributed by atoms with Gasteiger partial charge in [0.25, 0.3) is 0 Å². The lowest BCUT2D eigenvalue weighted by Gasteiger charge is -2.22. The molecule has 0 radical (unpaired) electrons. The summed E-state index contributed by atoms with van der Waals surface area (Å²) in [4.78, 5) is 22.1. The summed E-state index contributed by atoms with van der Waals surface area (Å²) < 4.78 is 0. The van der Waals surface area contributed by atoms with Gasteiger partial charge in [-0.05, 0) is 44.2 Å². The summed E-state index contributed by atoms with van der Waals surface area (Å²) >= 11 is 0. The predicted molar refractivity (Wildman–Crippen MR) is 69.3 cm³/mol. The van der Waals surface area contributed by atoms with Gasteiger partial charge in [0.2, 0.25) is 5.91 Å². The highest BCUT2D eigenvalue weighted by Gasteiger charge is 2.15. The van der Waals surface area contributed by atoms with E-state index in [2.05, 4.69) is 10.6 Å². The van der Waals surface area contributed by atoms with Crippen molar-refractivity contribution in [3.8, 4) is 0 Å². The maximum atomic E-state index is 11.6. The largest absolute Gasteiger partial charge is 0.481 e. The SMILES string of the molecule is CC(CNC(=O)CCC1CCNCC1)CC(=O)O. The first kappa shape index (κ1) is 15.0. The van der Waals surface area contributed by atoms with Crippen molar-refractivity contribution in [2.75, 3.05) is 19.6 Å². The molecule has 0 aliphatic carbocycles. The smallest absolute Gasteiger partial charge is 0.303 e. The minimum atomic E-state index is -0.813. The molecule has 1 rings (SSSR count). The Morgan fingerprint density at radius 1 is 1.39 bits per heavy atom. The summed E-state index contributed by atoms with van der Waals surface area (Å²) in [7, 11) is 0. The molecule has 1 unspecified atom stereocenters. The third kappa shape index (κ3) is 6.59. The number of amides is 1. The Morgan fingerprint density at radius 2 is 2.06 bits per heavy atom. The van der Waals surface area contributed by atoms with E-state index in [4.69, 9.17) is 5.11 Å². The molecule has 0 spiro atoms. The third-order valence-corrected chi connectivity index (χ3v) is 3.41. The Balaban J connectivity index is 2.07. The molecule has 0 aromatic heterocycles. The topological polar surface area (TPSA) is 78.4 Å². The number of aliphatic carboxylic acids is 1. The van der Waals surface area contributed by atoms with Crippen LogP contribution in [0.25, 0.3) is 0 Å². The molecule has 0 aromatic carbocycles. The number of rotatable bonds is 7. The van der Waals surface area contributed by atoms with Crippen LogP contribution in [-0.2, 0) is 9.59 Å². The monoisotopic (exact) mass is 256 g/mol. The molecule has 1 aliphatic heterocycles. The van der Waals surface area contributed by atoms with E-state index in [1.807, 2.05) is 6.92 Å². The molecule has 0 saturated carbocycles. The van der Waals surface area contributed by atoms with Gasteiger partial charge >= 0.3 is 5.97 Å². The second kappa shape index (κ2) is 8.08. The molecule has 1 amide bonds. The van der Waals surface area contributed by atoms with Crippen LogP contribution in [0.4, 0.5) is 0 Å². The van der Waals surface area contributed by atoms with Crippen molar-refractivity contribution < 1.29 is 14.7 Å². The van der Waals surface area contributed by atoms with Crippen LogP contribution in [-0.4, -0.2) is 36.6 Å². The molecular weight excluding hydrogens is 232 g/mol. The first-order valence-corrected chi connectivity index (χ1v) is 6.77. The molecular formula is C13H24N2O3. The highest BCUT2D eigenvalue weighted by Crippen LogP contribution is 2.17.